The van der Waals surface area contributed by atoms with E-state index in [1.807, 2.05) is 19.9 Å². The fraction of sp³-hybridized carbons (Fsp3) is 0.444. The molecule has 0 aliphatic carbocycles. The molecule has 1 atom stereocenters. The van der Waals surface area contributed by atoms with Crippen LogP contribution in [0.15, 0.2) is 6.07 Å². The molecule has 0 aliphatic rings. The summed E-state index contributed by atoms with van der Waals surface area (Å²) in [5, 5.41) is 17.6. The predicted octanol–water partition coefficient (Wildman–Crippen LogP) is 0.620. The number of aromatic amines is 1. The molecule has 1 rings (SSSR count). The van der Waals surface area contributed by atoms with Gasteiger partial charge in [0.25, 0.3) is 0 Å². The first kappa shape index (κ1) is 9.80. The molecule has 0 spiro atoms. The van der Waals surface area contributed by atoms with Gasteiger partial charge >= 0.3 is 5.97 Å². The van der Waals surface area contributed by atoms with Gasteiger partial charge in [-0.2, -0.15) is 0 Å². The molecule has 4 nitrogen and oxygen atoms in total. The van der Waals surface area contributed by atoms with Crippen LogP contribution in [0.4, 0.5) is 0 Å². The van der Waals surface area contributed by atoms with Crippen LogP contribution >= 0.6 is 0 Å². The van der Waals surface area contributed by atoms with E-state index in [0.29, 0.717) is 0 Å². The van der Waals surface area contributed by atoms with Crippen molar-refractivity contribution in [2.75, 3.05) is 0 Å². The monoisotopic (exact) mass is 183 g/mol. The van der Waals surface area contributed by atoms with Crippen LogP contribution in [0.3, 0.4) is 0 Å². The summed E-state index contributed by atoms with van der Waals surface area (Å²) in [6.45, 7) is 3.75. The van der Waals surface area contributed by atoms with Gasteiger partial charge < -0.3 is 15.2 Å². The summed E-state index contributed by atoms with van der Waals surface area (Å²) in [6.07, 6.45) is -1.15. The number of aliphatic carboxylic acids is 1. The van der Waals surface area contributed by atoms with E-state index >= 15 is 0 Å². The summed E-state index contributed by atoms with van der Waals surface area (Å²) < 4.78 is 0. The molecule has 0 radical (unpaired) electrons. The zero-order chi connectivity index (χ0) is 10.0. The molecular weight excluding hydrogens is 170 g/mol. The molecule has 72 valence electrons. The van der Waals surface area contributed by atoms with Crippen molar-refractivity contribution >= 4 is 5.97 Å². The summed E-state index contributed by atoms with van der Waals surface area (Å²) in [6, 6.07) is 1.85. The van der Waals surface area contributed by atoms with Crippen molar-refractivity contribution in [3.8, 4) is 0 Å². The zero-order valence-corrected chi connectivity index (χ0v) is 7.66. The van der Waals surface area contributed by atoms with E-state index in [1.54, 1.807) is 0 Å². The predicted molar refractivity (Wildman–Crippen MR) is 47.6 cm³/mol. The molecule has 1 aromatic rings. The normalized spacial score (nSPS) is 12.8. The highest BCUT2D eigenvalue weighted by molar-refractivity contribution is 5.72. The van der Waals surface area contributed by atoms with Crippen LogP contribution in [-0.2, 0) is 11.2 Å². The molecule has 1 heterocycles. The molecule has 0 amide bonds. The highest BCUT2D eigenvalue weighted by Gasteiger charge is 2.15. The number of aryl methyl sites for hydroxylation is 2. The maximum absolute atomic E-state index is 10.4. The second-order valence-corrected chi connectivity index (χ2v) is 3.16. The third kappa shape index (κ3) is 2.32. The molecule has 13 heavy (non-hydrogen) atoms. The van der Waals surface area contributed by atoms with Crippen molar-refractivity contribution in [2.24, 2.45) is 0 Å². The minimum absolute atomic E-state index is 0.158. The maximum atomic E-state index is 10.4. The molecule has 1 unspecified atom stereocenters. The van der Waals surface area contributed by atoms with Gasteiger partial charge in [0.1, 0.15) is 0 Å². The van der Waals surface area contributed by atoms with Crippen molar-refractivity contribution in [3.05, 3.63) is 23.0 Å². The lowest BCUT2D eigenvalue weighted by Crippen LogP contribution is -2.22. The van der Waals surface area contributed by atoms with Gasteiger partial charge in [0.2, 0.25) is 0 Å². The van der Waals surface area contributed by atoms with Crippen LogP contribution in [-0.4, -0.2) is 27.3 Å². The summed E-state index contributed by atoms with van der Waals surface area (Å²) in [4.78, 5) is 13.4. The Morgan fingerprint density at radius 1 is 1.62 bits per heavy atom. The molecule has 3 N–H and O–H groups in total. The number of carboxylic acid groups (broad SMARTS) is 1. The van der Waals surface area contributed by atoms with Crippen molar-refractivity contribution in [1.82, 2.24) is 4.98 Å². The quantitative estimate of drug-likeness (QED) is 0.643. The van der Waals surface area contributed by atoms with Crippen molar-refractivity contribution in [2.45, 2.75) is 26.4 Å². The van der Waals surface area contributed by atoms with E-state index in [1.165, 1.54) is 0 Å². The first-order chi connectivity index (χ1) is 6.00. The minimum Gasteiger partial charge on any atom is -0.479 e. The third-order valence-electron chi connectivity index (χ3n) is 1.96. The fourth-order valence-electron chi connectivity index (χ4n) is 1.29. The van der Waals surface area contributed by atoms with Gasteiger partial charge in [0, 0.05) is 17.8 Å². The summed E-state index contributed by atoms with van der Waals surface area (Å²) >= 11 is 0. The average Bonchev–Trinajstić information content (AvgIpc) is 2.30. The number of aliphatic hydroxyl groups is 1. The van der Waals surface area contributed by atoms with E-state index in [-0.39, 0.29) is 6.42 Å². The molecule has 0 saturated heterocycles. The minimum atomic E-state index is -1.31. The number of carbonyl (C=O) groups is 1. The smallest absolute Gasteiger partial charge is 0.332 e. The number of nitrogens with one attached hydrogen (secondary N) is 1. The highest BCUT2D eigenvalue weighted by atomic mass is 16.4. The lowest BCUT2D eigenvalue weighted by molar-refractivity contribution is -0.146. The van der Waals surface area contributed by atoms with Gasteiger partial charge in [-0.25, -0.2) is 4.79 Å². The Morgan fingerprint density at radius 2 is 2.23 bits per heavy atom. The van der Waals surface area contributed by atoms with Crippen LogP contribution in [0, 0.1) is 13.8 Å². The van der Waals surface area contributed by atoms with E-state index in [4.69, 9.17) is 10.2 Å². The average molecular weight is 183 g/mol. The SMILES string of the molecule is Cc1cc(CC(O)C(=O)O)c(C)[nH]1. The number of carboxylic acids is 1. The van der Waals surface area contributed by atoms with Crippen LogP contribution in [0.25, 0.3) is 0 Å². The molecule has 1 aromatic heterocycles. The summed E-state index contributed by atoms with van der Waals surface area (Å²) in [5.74, 6) is -1.18. The summed E-state index contributed by atoms with van der Waals surface area (Å²) in [7, 11) is 0. The summed E-state index contributed by atoms with van der Waals surface area (Å²) in [5.41, 5.74) is 2.75. The number of aliphatic hydroxyl groups excluding tert-OH is 1. The van der Waals surface area contributed by atoms with E-state index < -0.39 is 12.1 Å². The number of hydrogen-bond donors (Lipinski definition) is 3. The van der Waals surface area contributed by atoms with E-state index in [0.717, 1.165) is 17.0 Å². The Balaban J connectivity index is 2.74. The Kier molecular flexibility index (Phi) is 2.72. The first-order valence-electron chi connectivity index (χ1n) is 4.06. The second kappa shape index (κ2) is 3.62. The van der Waals surface area contributed by atoms with Gasteiger partial charge in [0.05, 0.1) is 0 Å². The Labute approximate surface area is 76.2 Å². The highest BCUT2D eigenvalue weighted by Crippen LogP contribution is 2.11. The molecule has 0 aromatic carbocycles. The van der Waals surface area contributed by atoms with Gasteiger partial charge in [-0.05, 0) is 25.5 Å². The van der Waals surface area contributed by atoms with Gasteiger partial charge in [-0.15, -0.1) is 0 Å². The third-order valence-corrected chi connectivity index (χ3v) is 1.96. The number of aromatic nitrogens is 1. The first-order valence-corrected chi connectivity index (χ1v) is 4.06. The van der Waals surface area contributed by atoms with Crippen molar-refractivity contribution in [3.63, 3.8) is 0 Å². The standard InChI is InChI=1S/C9H13NO3/c1-5-3-7(6(2)10-5)4-8(11)9(12)13/h3,8,10-11H,4H2,1-2H3,(H,12,13). The Bertz CT molecular complexity index is 317. The number of hydrogen-bond acceptors (Lipinski definition) is 2. The second-order valence-electron chi connectivity index (χ2n) is 3.16. The van der Waals surface area contributed by atoms with Crippen LogP contribution < -0.4 is 0 Å². The Hall–Kier alpha value is -1.29. The van der Waals surface area contributed by atoms with E-state index in [9.17, 15) is 4.79 Å². The Morgan fingerprint density at radius 3 is 2.62 bits per heavy atom. The van der Waals surface area contributed by atoms with Crippen LogP contribution in [0.2, 0.25) is 0 Å². The number of rotatable bonds is 3. The van der Waals surface area contributed by atoms with Crippen molar-refractivity contribution in [1.29, 1.82) is 0 Å². The lowest BCUT2D eigenvalue weighted by atomic mass is 10.1. The number of H-pyrrole nitrogens is 1. The maximum Gasteiger partial charge on any atom is 0.332 e. The molecule has 0 aliphatic heterocycles. The fourth-order valence-corrected chi connectivity index (χ4v) is 1.29. The molecular formula is C9H13NO3. The van der Waals surface area contributed by atoms with Gasteiger partial charge in [-0.1, -0.05) is 0 Å². The van der Waals surface area contributed by atoms with Crippen molar-refractivity contribution < 1.29 is 15.0 Å². The largest absolute Gasteiger partial charge is 0.479 e. The molecule has 4 heteroatoms. The molecule has 0 saturated carbocycles. The lowest BCUT2D eigenvalue weighted by Gasteiger charge is -2.03. The topological polar surface area (TPSA) is 73.3 Å². The van der Waals surface area contributed by atoms with E-state index in [2.05, 4.69) is 4.98 Å². The van der Waals surface area contributed by atoms with Gasteiger partial charge in [-0.3, -0.25) is 0 Å². The van der Waals surface area contributed by atoms with Crippen LogP contribution in [0.1, 0.15) is 17.0 Å². The molecule has 0 fully saturated rings. The van der Waals surface area contributed by atoms with Crippen LogP contribution in [0.5, 0.6) is 0 Å². The molecule has 0 bridgehead atoms. The van der Waals surface area contributed by atoms with Gasteiger partial charge in [0.15, 0.2) is 6.10 Å². The zero-order valence-electron chi connectivity index (χ0n) is 7.66.